The maximum atomic E-state index is 13.8. The molecule has 1 aromatic heterocycles. The highest BCUT2D eigenvalue weighted by Gasteiger charge is 2.63. The summed E-state index contributed by atoms with van der Waals surface area (Å²) in [6.45, 7) is 4.65. The molecule has 0 saturated carbocycles. The third-order valence-corrected chi connectivity index (χ3v) is 8.28. The zero-order valence-corrected chi connectivity index (χ0v) is 22.5. The lowest BCUT2D eigenvalue weighted by Gasteiger charge is -2.56. The van der Waals surface area contributed by atoms with Crippen LogP contribution in [0.1, 0.15) is 18.1 Å². The molecule has 0 radical (unpaired) electrons. The number of barbiturate groups is 1. The average molecular weight is 538 g/mol. The van der Waals surface area contributed by atoms with Crippen molar-refractivity contribution in [2.24, 2.45) is 24.5 Å². The number of urea groups is 1. The third kappa shape index (κ3) is 3.71. The number of piperazine rings is 1. The third-order valence-electron chi connectivity index (χ3n) is 8.28. The number of hydrogen-bond donors (Lipinski definition) is 1. The van der Waals surface area contributed by atoms with Gasteiger partial charge >= 0.3 is 11.7 Å². The van der Waals surface area contributed by atoms with Crippen LogP contribution in [0.3, 0.4) is 0 Å². The number of aromatic hydroxyl groups is 1. The van der Waals surface area contributed by atoms with E-state index in [-0.39, 0.29) is 12.0 Å². The van der Waals surface area contributed by atoms with Gasteiger partial charge in [-0.05, 0) is 36.7 Å². The Kier molecular flexibility index (Phi) is 6.21. The average Bonchev–Trinajstić information content (AvgIpc) is 2.95. The summed E-state index contributed by atoms with van der Waals surface area (Å²) in [5, 5.41) is 10.4. The van der Waals surface area contributed by atoms with Crippen LogP contribution in [-0.2, 0) is 30.1 Å². The van der Waals surface area contributed by atoms with Crippen LogP contribution in [0, 0.1) is 5.41 Å². The van der Waals surface area contributed by atoms with Gasteiger partial charge in [-0.3, -0.25) is 43.2 Å². The molecule has 3 aliphatic heterocycles. The van der Waals surface area contributed by atoms with E-state index in [2.05, 4.69) is 14.8 Å². The Morgan fingerprint density at radius 3 is 2.31 bits per heavy atom. The monoisotopic (exact) mass is 537 g/mol. The van der Waals surface area contributed by atoms with Crippen molar-refractivity contribution in [2.45, 2.75) is 19.4 Å². The van der Waals surface area contributed by atoms with Crippen LogP contribution in [0.25, 0.3) is 0 Å². The first-order valence-corrected chi connectivity index (χ1v) is 12.7. The number of carbonyl (C=O) groups excluding carboxylic acids is 3. The quantitative estimate of drug-likeness (QED) is 0.414. The van der Waals surface area contributed by atoms with E-state index in [0.717, 1.165) is 37.7 Å². The first-order chi connectivity index (χ1) is 18.4. The maximum absolute atomic E-state index is 13.8. The molecule has 13 heteroatoms. The number of anilines is 1. The molecule has 3 aliphatic rings. The van der Waals surface area contributed by atoms with E-state index < -0.39 is 46.4 Å². The normalized spacial score (nSPS) is 21.2. The van der Waals surface area contributed by atoms with Gasteiger partial charge in [0.1, 0.15) is 5.56 Å². The van der Waals surface area contributed by atoms with Gasteiger partial charge in [0.05, 0.1) is 11.7 Å². The fraction of sp³-hybridized carbons (Fsp3) is 0.462. The highest BCUT2D eigenvalue weighted by molar-refractivity contribution is 6.20. The molecule has 4 amide bonds. The van der Waals surface area contributed by atoms with Gasteiger partial charge in [-0.1, -0.05) is 6.92 Å². The van der Waals surface area contributed by atoms with Crippen molar-refractivity contribution in [3.05, 3.63) is 50.2 Å². The SMILES string of the molecule is CCN1CCN2c3ccc(N=Cc4c(O)n(C)c(=O)n(C)c4=O)cc3CC3(C(=O)N(C)C(=O)N(C)C3=O)C2C1. The van der Waals surface area contributed by atoms with Gasteiger partial charge in [0.2, 0.25) is 17.7 Å². The predicted octanol–water partition coefficient (Wildman–Crippen LogP) is -0.356. The van der Waals surface area contributed by atoms with Gasteiger partial charge in [0, 0.05) is 59.7 Å². The molecule has 1 atom stereocenters. The molecule has 5 rings (SSSR count). The zero-order valence-electron chi connectivity index (χ0n) is 22.5. The number of benzene rings is 1. The highest BCUT2D eigenvalue weighted by Crippen LogP contribution is 2.47. The topological polar surface area (TPSA) is 141 Å². The van der Waals surface area contributed by atoms with Crippen molar-refractivity contribution >= 4 is 35.4 Å². The molecule has 206 valence electrons. The van der Waals surface area contributed by atoms with Crippen LogP contribution in [0.15, 0.2) is 32.8 Å². The molecule has 1 aromatic carbocycles. The van der Waals surface area contributed by atoms with Crippen LogP contribution in [0.5, 0.6) is 5.88 Å². The van der Waals surface area contributed by atoms with Crippen LogP contribution in [-0.4, -0.2) is 99.3 Å². The number of imide groups is 2. The summed E-state index contributed by atoms with van der Waals surface area (Å²) < 4.78 is 1.83. The van der Waals surface area contributed by atoms with E-state index in [4.69, 9.17) is 0 Å². The lowest BCUT2D eigenvalue weighted by molar-refractivity contribution is -0.160. The largest absolute Gasteiger partial charge is 0.494 e. The van der Waals surface area contributed by atoms with Gasteiger partial charge in [-0.2, -0.15) is 0 Å². The standard InChI is InChI=1S/C26H31N7O6/c1-6-32-9-10-33-18-8-7-16(27-13-17-20(34)28(2)24(38)29(3)21(17)35)11-15(18)12-26(19(33)14-32)22(36)30(4)25(39)31(5)23(26)37/h7-8,11,13,19,34H,6,9-10,12,14H2,1-5H3. The Hall–Kier alpha value is -4.26. The second kappa shape index (κ2) is 9.19. The van der Waals surface area contributed by atoms with Gasteiger partial charge < -0.3 is 10.0 Å². The van der Waals surface area contributed by atoms with E-state index in [1.807, 2.05) is 13.0 Å². The molecule has 2 saturated heterocycles. The molecule has 0 aliphatic carbocycles. The molecule has 1 N–H and O–H groups in total. The van der Waals surface area contributed by atoms with Crippen molar-refractivity contribution < 1.29 is 19.5 Å². The number of likely N-dealkylation sites (N-methyl/N-ethyl adjacent to an activating group) is 1. The van der Waals surface area contributed by atoms with Crippen LogP contribution < -0.4 is 16.1 Å². The molecular weight excluding hydrogens is 506 g/mol. The Morgan fingerprint density at radius 2 is 1.67 bits per heavy atom. The van der Waals surface area contributed by atoms with Gasteiger partial charge in [0.25, 0.3) is 5.56 Å². The number of aliphatic imine (C=N–C) groups is 1. The highest BCUT2D eigenvalue weighted by atomic mass is 16.3. The molecule has 1 spiro atoms. The molecule has 4 heterocycles. The fourth-order valence-corrected chi connectivity index (χ4v) is 5.97. The minimum atomic E-state index is -1.49. The minimum Gasteiger partial charge on any atom is -0.494 e. The van der Waals surface area contributed by atoms with E-state index in [9.17, 15) is 29.1 Å². The second-order valence-corrected chi connectivity index (χ2v) is 10.3. The van der Waals surface area contributed by atoms with E-state index in [1.54, 1.807) is 12.1 Å². The number of amides is 4. The molecule has 1 unspecified atom stereocenters. The summed E-state index contributed by atoms with van der Waals surface area (Å²) in [6.07, 6.45) is 1.27. The van der Waals surface area contributed by atoms with E-state index in [1.165, 1.54) is 34.4 Å². The minimum absolute atomic E-state index is 0.0803. The zero-order chi connectivity index (χ0) is 28.4. The number of hydrogen-bond acceptors (Lipinski definition) is 9. The van der Waals surface area contributed by atoms with Crippen LogP contribution >= 0.6 is 0 Å². The first kappa shape index (κ1) is 26.4. The molecule has 2 fully saturated rings. The molecular formula is C26H31N7O6. The molecule has 13 nitrogen and oxygen atoms in total. The Morgan fingerprint density at radius 1 is 1.00 bits per heavy atom. The van der Waals surface area contributed by atoms with Crippen LogP contribution in [0.2, 0.25) is 0 Å². The Labute approximate surface area is 224 Å². The molecule has 2 aromatic rings. The van der Waals surface area contributed by atoms with Crippen molar-refractivity contribution in [1.29, 1.82) is 0 Å². The summed E-state index contributed by atoms with van der Waals surface area (Å²) in [4.78, 5) is 75.5. The molecule has 0 bridgehead atoms. The Bertz CT molecular complexity index is 1530. The van der Waals surface area contributed by atoms with Gasteiger partial charge in [0.15, 0.2) is 5.41 Å². The van der Waals surface area contributed by atoms with Crippen molar-refractivity contribution in [3.8, 4) is 5.88 Å². The lowest BCUT2D eigenvalue weighted by atomic mass is 9.67. The van der Waals surface area contributed by atoms with Gasteiger partial charge in [-0.25, -0.2) is 9.59 Å². The fourth-order valence-electron chi connectivity index (χ4n) is 5.97. The summed E-state index contributed by atoms with van der Waals surface area (Å²) in [5.41, 5.74) is -0.983. The molecule has 39 heavy (non-hydrogen) atoms. The maximum Gasteiger partial charge on any atom is 0.333 e. The Balaban J connectivity index is 1.61. The second-order valence-electron chi connectivity index (χ2n) is 10.3. The number of nitrogens with zero attached hydrogens (tertiary/aromatic N) is 7. The summed E-state index contributed by atoms with van der Waals surface area (Å²) in [6, 6.07) is 4.26. The number of rotatable bonds is 3. The van der Waals surface area contributed by atoms with Crippen molar-refractivity contribution in [3.63, 3.8) is 0 Å². The summed E-state index contributed by atoms with van der Waals surface area (Å²) in [7, 11) is 5.46. The van der Waals surface area contributed by atoms with Crippen molar-refractivity contribution in [1.82, 2.24) is 23.8 Å². The number of aromatic nitrogens is 2. The summed E-state index contributed by atoms with van der Waals surface area (Å²) >= 11 is 0. The number of fused-ring (bicyclic) bond motifs is 4. The number of carbonyl (C=O) groups is 3. The van der Waals surface area contributed by atoms with E-state index in [0.29, 0.717) is 24.3 Å². The van der Waals surface area contributed by atoms with E-state index >= 15 is 0 Å². The van der Waals surface area contributed by atoms with Gasteiger partial charge in [-0.15, -0.1) is 0 Å². The smallest absolute Gasteiger partial charge is 0.333 e. The summed E-state index contributed by atoms with van der Waals surface area (Å²) in [5.74, 6) is -1.56. The van der Waals surface area contributed by atoms with Crippen molar-refractivity contribution in [2.75, 3.05) is 45.2 Å². The van der Waals surface area contributed by atoms with Crippen LogP contribution in [0.4, 0.5) is 16.2 Å². The first-order valence-electron chi connectivity index (χ1n) is 12.7. The lowest BCUT2D eigenvalue weighted by Crippen LogP contribution is -2.74. The predicted molar refractivity (Wildman–Crippen MR) is 143 cm³/mol.